The first-order valence-corrected chi connectivity index (χ1v) is 7.40. The van der Waals surface area contributed by atoms with Crippen LogP contribution in [0.2, 0.25) is 0 Å². The molecule has 1 aliphatic heterocycles. The van der Waals surface area contributed by atoms with Crippen molar-refractivity contribution in [2.45, 2.75) is 46.1 Å². The van der Waals surface area contributed by atoms with E-state index < -0.39 is 6.10 Å². The summed E-state index contributed by atoms with van der Waals surface area (Å²) >= 11 is 0. The van der Waals surface area contributed by atoms with Gasteiger partial charge in [0.05, 0.1) is 5.69 Å². The maximum atomic E-state index is 12.0. The molecule has 0 radical (unpaired) electrons. The fourth-order valence-electron chi connectivity index (χ4n) is 2.27. The second-order valence-corrected chi connectivity index (χ2v) is 5.54. The lowest BCUT2D eigenvalue weighted by Crippen LogP contribution is -2.40. The van der Waals surface area contributed by atoms with Crippen molar-refractivity contribution in [3.05, 3.63) is 29.8 Å². The first-order valence-electron chi connectivity index (χ1n) is 7.40. The highest BCUT2D eigenvalue weighted by Gasteiger charge is 2.30. The van der Waals surface area contributed by atoms with Crippen LogP contribution in [0, 0.1) is 5.92 Å². The zero-order valence-corrected chi connectivity index (χ0v) is 12.5. The van der Waals surface area contributed by atoms with Crippen LogP contribution in [-0.2, 0) is 4.79 Å². The summed E-state index contributed by atoms with van der Waals surface area (Å²) in [5.74, 6) is 0.887. The Morgan fingerprint density at radius 2 is 2.20 bits per heavy atom. The van der Waals surface area contributed by atoms with Crippen molar-refractivity contribution in [1.82, 2.24) is 0 Å². The molecule has 0 saturated heterocycles. The maximum Gasteiger partial charge on any atom is 0.265 e. The molecule has 20 heavy (non-hydrogen) atoms. The molecule has 1 unspecified atom stereocenters. The lowest BCUT2D eigenvalue weighted by Gasteiger charge is -2.29. The summed E-state index contributed by atoms with van der Waals surface area (Å²) in [6.07, 6.45) is 7.30. The van der Waals surface area contributed by atoms with Crippen molar-refractivity contribution < 1.29 is 9.53 Å². The molecule has 3 heteroatoms. The Labute approximate surface area is 121 Å². The van der Waals surface area contributed by atoms with Crippen molar-refractivity contribution in [2.75, 3.05) is 5.32 Å². The number of carbonyl (C=O) groups excluding carboxylic acids is 1. The third-order valence-corrected chi connectivity index (χ3v) is 3.43. The first-order chi connectivity index (χ1) is 9.63. The van der Waals surface area contributed by atoms with Gasteiger partial charge in [0.15, 0.2) is 11.9 Å². The average Bonchev–Trinajstić information content (AvgIpc) is 2.42. The summed E-state index contributed by atoms with van der Waals surface area (Å²) < 4.78 is 5.93. The lowest BCUT2D eigenvalue weighted by atomic mass is 10.0. The molecule has 1 atom stereocenters. The molecule has 108 valence electrons. The molecule has 0 aliphatic carbocycles. The molecule has 3 nitrogen and oxygen atoms in total. The van der Waals surface area contributed by atoms with E-state index in [1.54, 1.807) is 0 Å². The van der Waals surface area contributed by atoms with Crippen LogP contribution in [0.25, 0.3) is 6.08 Å². The molecule has 1 heterocycles. The van der Waals surface area contributed by atoms with Crippen LogP contribution < -0.4 is 10.1 Å². The first kappa shape index (κ1) is 14.6. The van der Waals surface area contributed by atoms with E-state index in [-0.39, 0.29) is 11.8 Å². The number of benzene rings is 1. The van der Waals surface area contributed by atoms with E-state index in [1.807, 2.05) is 32.0 Å². The Morgan fingerprint density at radius 3 is 2.90 bits per heavy atom. The minimum absolute atomic E-state index is 0.0559. The maximum absolute atomic E-state index is 12.0. The standard InChI is InChI=1S/C17H23NO2/c1-4-5-6-7-9-13-10-8-11-14-16(13)20-15(12(2)3)17(19)18-14/h7-12,15H,4-6H2,1-3H3,(H,18,19)/b9-7+. The molecule has 1 aliphatic rings. The number of amides is 1. The topological polar surface area (TPSA) is 38.3 Å². The van der Waals surface area contributed by atoms with Gasteiger partial charge in [0.1, 0.15) is 0 Å². The Bertz CT molecular complexity index is 506. The van der Waals surface area contributed by atoms with Gasteiger partial charge in [0.25, 0.3) is 5.91 Å². The number of carbonyl (C=O) groups is 1. The zero-order valence-electron chi connectivity index (χ0n) is 12.5. The molecule has 1 aromatic rings. The Hall–Kier alpha value is -1.77. The van der Waals surface area contributed by atoms with Gasteiger partial charge in [-0.2, -0.15) is 0 Å². The second kappa shape index (κ2) is 6.60. The van der Waals surface area contributed by atoms with E-state index >= 15 is 0 Å². The molecule has 0 saturated carbocycles. The third kappa shape index (κ3) is 3.21. The number of unbranched alkanes of at least 4 members (excludes halogenated alkanes) is 2. The lowest BCUT2D eigenvalue weighted by molar-refractivity contribution is -0.125. The average molecular weight is 273 g/mol. The normalized spacial score (nSPS) is 18.0. The van der Waals surface area contributed by atoms with Gasteiger partial charge in [0.2, 0.25) is 0 Å². The van der Waals surface area contributed by atoms with Gasteiger partial charge in [-0.05, 0) is 18.4 Å². The van der Waals surface area contributed by atoms with Gasteiger partial charge in [-0.1, -0.05) is 57.9 Å². The van der Waals surface area contributed by atoms with E-state index in [1.165, 1.54) is 12.8 Å². The summed E-state index contributed by atoms with van der Waals surface area (Å²) in [7, 11) is 0. The van der Waals surface area contributed by atoms with E-state index in [2.05, 4.69) is 24.4 Å². The van der Waals surface area contributed by atoms with Crippen LogP contribution in [-0.4, -0.2) is 12.0 Å². The monoisotopic (exact) mass is 273 g/mol. The summed E-state index contributed by atoms with van der Waals surface area (Å²) in [5, 5.41) is 2.94. The van der Waals surface area contributed by atoms with E-state index in [4.69, 9.17) is 4.74 Å². The van der Waals surface area contributed by atoms with Gasteiger partial charge < -0.3 is 10.1 Å². The zero-order chi connectivity index (χ0) is 14.5. The predicted molar refractivity (Wildman–Crippen MR) is 82.9 cm³/mol. The van der Waals surface area contributed by atoms with Crippen molar-refractivity contribution in [1.29, 1.82) is 0 Å². The molecule has 1 aromatic carbocycles. The number of anilines is 1. The van der Waals surface area contributed by atoms with Crippen molar-refractivity contribution >= 4 is 17.7 Å². The van der Waals surface area contributed by atoms with Crippen molar-refractivity contribution in [3.63, 3.8) is 0 Å². The van der Waals surface area contributed by atoms with Gasteiger partial charge in [-0.15, -0.1) is 0 Å². The Balaban J connectivity index is 2.23. The number of allylic oxidation sites excluding steroid dienone is 1. The highest BCUT2D eigenvalue weighted by atomic mass is 16.5. The number of para-hydroxylation sites is 1. The summed E-state index contributed by atoms with van der Waals surface area (Å²) in [6.45, 7) is 6.17. The van der Waals surface area contributed by atoms with Gasteiger partial charge in [-0.25, -0.2) is 0 Å². The highest BCUT2D eigenvalue weighted by Crippen LogP contribution is 2.35. The van der Waals surface area contributed by atoms with Crippen molar-refractivity contribution in [2.24, 2.45) is 5.92 Å². The van der Waals surface area contributed by atoms with Crippen molar-refractivity contribution in [3.8, 4) is 5.75 Å². The van der Waals surface area contributed by atoms with Crippen LogP contribution in [0.15, 0.2) is 24.3 Å². The number of hydrogen-bond donors (Lipinski definition) is 1. The molecule has 0 aromatic heterocycles. The molecule has 1 amide bonds. The summed E-state index contributed by atoms with van der Waals surface area (Å²) in [4.78, 5) is 12.0. The summed E-state index contributed by atoms with van der Waals surface area (Å²) in [6, 6.07) is 5.85. The number of ether oxygens (including phenoxy) is 1. The fourth-order valence-corrected chi connectivity index (χ4v) is 2.27. The quantitative estimate of drug-likeness (QED) is 0.815. The number of rotatable bonds is 5. The van der Waals surface area contributed by atoms with Crippen LogP contribution in [0.5, 0.6) is 5.75 Å². The molecular formula is C17H23NO2. The van der Waals surface area contributed by atoms with E-state index in [0.29, 0.717) is 0 Å². The summed E-state index contributed by atoms with van der Waals surface area (Å²) in [5.41, 5.74) is 1.80. The predicted octanol–water partition coefficient (Wildman–Crippen LogP) is 4.25. The minimum Gasteiger partial charge on any atom is -0.478 e. The van der Waals surface area contributed by atoms with E-state index in [9.17, 15) is 4.79 Å². The van der Waals surface area contributed by atoms with Crippen LogP contribution in [0.1, 0.15) is 45.6 Å². The van der Waals surface area contributed by atoms with Crippen LogP contribution >= 0.6 is 0 Å². The SMILES string of the molecule is CCCC/C=C/c1cccc2c1OC(C(C)C)C(=O)N2. The number of nitrogens with one attached hydrogen (secondary N) is 1. The molecule has 0 spiro atoms. The fraction of sp³-hybridized carbons (Fsp3) is 0.471. The number of hydrogen-bond acceptors (Lipinski definition) is 2. The Kier molecular flexibility index (Phi) is 4.83. The van der Waals surface area contributed by atoms with Crippen LogP contribution in [0.3, 0.4) is 0 Å². The molecule has 1 N–H and O–H groups in total. The molecule has 2 rings (SSSR count). The largest absolute Gasteiger partial charge is 0.478 e. The molecule has 0 fully saturated rings. The second-order valence-electron chi connectivity index (χ2n) is 5.54. The Morgan fingerprint density at radius 1 is 1.40 bits per heavy atom. The van der Waals surface area contributed by atoms with Gasteiger partial charge in [-0.3, -0.25) is 4.79 Å². The minimum atomic E-state index is -0.410. The smallest absolute Gasteiger partial charge is 0.265 e. The van der Waals surface area contributed by atoms with Gasteiger partial charge >= 0.3 is 0 Å². The van der Waals surface area contributed by atoms with Crippen LogP contribution in [0.4, 0.5) is 5.69 Å². The highest BCUT2D eigenvalue weighted by molar-refractivity contribution is 5.98. The third-order valence-electron chi connectivity index (χ3n) is 3.43. The molecule has 0 bridgehead atoms. The molecular weight excluding hydrogens is 250 g/mol. The van der Waals surface area contributed by atoms with Gasteiger partial charge in [0, 0.05) is 5.56 Å². The number of fused-ring (bicyclic) bond motifs is 1. The van der Waals surface area contributed by atoms with E-state index in [0.717, 1.165) is 23.4 Å².